The molecule has 2 N–H and O–H groups in total. The van der Waals surface area contributed by atoms with Crippen LogP contribution in [0.1, 0.15) is 24.8 Å². The van der Waals surface area contributed by atoms with Crippen molar-refractivity contribution in [3.63, 3.8) is 0 Å². The fourth-order valence-electron chi connectivity index (χ4n) is 3.55. The molecule has 1 aromatic heterocycles. The maximum absolute atomic E-state index is 14.2. The lowest BCUT2D eigenvalue weighted by atomic mass is 10.1. The normalized spacial score (nSPS) is 11.6. The molecule has 15 heteroatoms. The van der Waals surface area contributed by atoms with Crippen LogP contribution in [0.4, 0.5) is 19.3 Å². The Morgan fingerprint density at radius 2 is 1.85 bits per heavy atom. The van der Waals surface area contributed by atoms with Crippen LogP contribution in [-0.2, 0) is 15.9 Å². The second-order valence-electron chi connectivity index (χ2n) is 8.46. The Hall–Kier alpha value is -3.75. The number of aromatic nitrogens is 2. The number of unbranched alkanes of at least 4 members (excludes halogenated alkanes) is 2. The summed E-state index contributed by atoms with van der Waals surface area (Å²) in [5, 5.41) is 19.9. The van der Waals surface area contributed by atoms with Gasteiger partial charge in [0, 0.05) is 17.4 Å². The van der Waals surface area contributed by atoms with Crippen molar-refractivity contribution in [2.24, 2.45) is 4.36 Å². The van der Waals surface area contributed by atoms with E-state index in [1.165, 1.54) is 36.6 Å². The molecule has 3 aromatic rings. The number of rotatable bonds is 12. The van der Waals surface area contributed by atoms with E-state index >= 15 is 0 Å². The number of nitrogens with zero attached hydrogens (tertiary/aromatic N) is 4. The first-order valence-corrected chi connectivity index (χ1v) is 14.2. The Bertz CT molecular complexity index is 1420. The number of thiol groups is 1. The zero-order chi connectivity index (χ0) is 28.6. The second-order valence-corrected chi connectivity index (χ2v) is 11.5. The summed E-state index contributed by atoms with van der Waals surface area (Å²) in [7, 11) is -3.21. The van der Waals surface area contributed by atoms with Gasteiger partial charge in [-0.1, -0.05) is 10.1 Å². The zero-order valence-corrected chi connectivity index (χ0v) is 22.2. The molecule has 0 saturated carbocycles. The van der Waals surface area contributed by atoms with Crippen molar-refractivity contribution < 1.29 is 37.6 Å². The number of amides is 1. The summed E-state index contributed by atoms with van der Waals surface area (Å²) in [5.41, 5.74) is 0.255. The molecule has 2 aromatic carbocycles. The monoisotopic (exact) mass is 586 g/mol. The Morgan fingerprint density at radius 1 is 1.13 bits per heavy atom. The second kappa shape index (κ2) is 13.4. The molecule has 0 radical (unpaired) electrons. The summed E-state index contributed by atoms with van der Waals surface area (Å²) in [6.07, 6.45) is 2.40. The Labute approximate surface area is 227 Å². The molecule has 0 aliphatic heterocycles. The van der Waals surface area contributed by atoms with Crippen LogP contribution in [0.15, 0.2) is 47.0 Å². The molecule has 11 nitrogen and oxygen atoms in total. The third-order valence-corrected chi connectivity index (χ3v) is 6.93. The Morgan fingerprint density at radius 3 is 2.54 bits per heavy atom. The van der Waals surface area contributed by atoms with E-state index in [1.807, 2.05) is 0 Å². The lowest BCUT2D eigenvalue weighted by Gasteiger charge is -2.17. The third kappa shape index (κ3) is 9.19. The number of non-ortho nitro benzene ring substituents is 1. The Balaban J connectivity index is 1.51. The maximum Gasteiger partial charge on any atom is 0.437 e. The van der Waals surface area contributed by atoms with E-state index in [1.54, 1.807) is 0 Å². The Kier molecular flexibility index (Phi) is 10.2. The van der Waals surface area contributed by atoms with Crippen molar-refractivity contribution in [1.29, 1.82) is 0 Å². The van der Waals surface area contributed by atoms with Crippen LogP contribution in [0.2, 0.25) is 5.28 Å². The molecule has 0 bridgehead atoms. The SMILES string of the molecule is C[SH](O)(Cc1cc(OCCCCCOc2cc(-c3nc(Cl)ncc3F)ccc2F)cc([N+](=O)[O-])c1)=NC(=O)O. The van der Waals surface area contributed by atoms with E-state index in [0.29, 0.717) is 24.8 Å². The third-order valence-electron chi connectivity index (χ3n) is 5.18. The maximum atomic E-state index is 14.2. The number of carbonyl (C=O) groups is 1. The van der Waals surface area contributed by atoms with E-state index in [2.05, 4.69) is 14.3 Å². The topological polar surface area (TPSA) is 157 Å². The van der Waals surface area contributed by atoms with Gasteiger partial charge >= 0.3 is 6.09 Å². The van der Waals surface area contributed by atoms with Crippen LogP contribution in [0, 0.1) is 21.7 Å². The lowest BCUT2D eigenvalue weighted by molar-refractivity contribution is -0.385. The van der Waals surface area contributed by atoms with Gasteiger partial charge in [-0.3, -0.25) is 10.1 Å². The molecule has 0 saturated heterocycles. The van der Waals surface area contributed by atoms with Gasteiger partial charge in [-0.05, 0) is 66.9 Å². The summed E-state index contributed by atoms with van der Waals surface area (Å²) < 4.78 is 52.9. The summed E-state index contributed by atoms with van der Waals surface area (Å²) in [6.45, 7) is 0.378. The van der Waals surface area contributed by atoms with E-state index in [-0.39, 0.29) is 52.7 Å². The highest BCUT2D eigenvalue weighted by Crippen LogP contribution is 2.28. The van der Waals surface area contributed by atoms with Crippen molar-refractivity contribution in [2.45, 2.75) is 25.0 Å². The number of carboxylic acid groups (broad SMARTS) is 1. The molecule has 0 fully saturated rings. The standard InChI is InChI=1S/C24H25ClF2N4O7S/c1-39(36,30-24(32)33)14-15-9-17(31(34)35)12-18(10-15)37-7-3-2-4-8-38-21-11-16(5-6-19(21)26)22-20(27)13-28-23(25)29-22/h5-6,9-13,39H,2-4,7-8,14H2,1H3,(H,30,36)(H,32,33). The van der Waals surface area contributed by atoms with Crippen LogP contribution >= 0.6 is 11.6 Å². The smallest absolute Gasteiger partial charge is 0.437 e. The van der Waals surface area contributed by atoms with Crippen LogP contribution in [-0.4, -0.2) is 50.1 Å². The predicted octanol–water partition coefficient (Wildman–Crippen LogP) is 5.96. The molecule has 0 unspecified atom stereocenters. The number of benzene rings is 2. The van der Waals surface area contributed by atoms with E-state index in [9.17, 15) is 28.2 Å². The van der Waals surface area contributed by atoms with Crippen LogP contribution in [0.3, 0.4) is 0 Å². The van der Waals surface area contributed by atoms with E-state index in [0.717, 1.165) is 12.3 Å². The molecule has 0 spiro atoms. The number of ether oxygens (including phenoxy) is 2. The summed E-state index contributed by atoms with van der Waals surface area (Å²) >= 11 is 5.73. The zero-order valence-electron chi connectivity index (χ0n) is 20.6. The summed E-state index contributed by atoms with van der Waals surface area (Å²) in [6, 6.07) is 7.77. The number of hydrogen-bond donors (Lipinski definition) is 3. The first-order valence-electron chi connectivity index (χ1n) is 11.5. The minimum atomic E-state index is -3.21. The molecule has 0 aliphatic rings. The van der Waals surface area contributed by atoms with Crippen LogP contribution in [0.25, 0.3) is 11.3 Å². The molecular weight excluding hydrogens is 562 g/mol. The lowest BCUT2D eigenvalue weighted by Crippen LogP contribution is -2.13. The fourth-order valence-corrected chi connectivity index (χ4v) is 5.00. The van der Waals surface area contributed by atoms with Crippen LogP contribution < -0.4 is 9.47 Å². The minimum absolute atomic E-state index is 0.0737. The van der Waals surface area contributed by atoms with Gasteiger partial charge in [0.15, 0.2) is 17.4 Å². The quantitative estimate of drug-likeness (QED) is 0.0765. The van der Waals surface area contributed by atoms with Gasteiger partial charge in [-0.2, -0.15) is 4.36 Å². The van der Waals surface area contributed by atoms with Crippen molar-refractivity contribution in [2.75, 3.05) is 19.5 Å². The predicted molar refractivity (Wildman–Crippen MR) is 142 cm³/mol. The fraction of sp³-hybridized carbons (Fsp3) is 0.292. The van der Waals surface area contributed by atoms with Crippen molar-refractivity contribution >= 4 is 33.5 Å². The molecule has 210 valence electrons. The summed E-state index contributed by atoms with van der Waals surface area (Å²) in [4.78, 5) is 28.9. The van der Waals surface area contributed by atoms with Crippen molar-refractivity contribution in [3.8, 4) is 22.8 Å². The van der Waals surface area contributed by atoms with Crippen LogP contribution in [0.5, 0.6) is 11.5 Å². The average Bonchev–Trinajstić information content (AvgIpc) is 2.84. The molecule has 1 amide bonds. The molecular formula is C24H25ClF2N4O7S. The first-order chi connectivity index (χ1) is 18.4. The number of nitro groups is 1. The van der Waals surface area contributed by atoms with Crippen molar-refractivity contribution in [3.05, 3.63) is 75.2 Å². The van der Waals surface area contributed by atoms with Crippen molar-refractivity contribution in [1.82, 2.24) is 9.97 Å². The first kappa shape index (κ1) is 29.8. The molecule has 1 heterocycles. The molecule has 0 aliphatic carbocycles. The molecule has 3 rings (SSSR count). The molecule has 0 atom stereocenters. The van der Waals surface area contributed by atoms with Gasteiger partial charge in [0.1, 0.15) is 11.4 Å². The number of halogens is 3. The highest BCUT2D eigenvalue weighted by atomic mass is 35.5. The van der Waals surface area contributed by atoms with Gasteiger partial charge in [0.25, 0.3) is 5.69 Å². The van der Waals surface area contributed by atoms with Gasteiger partial charge in [-0.25, -0.2) is 23.5 Å². The molecule has 39 heavy (non-hydrogen) atoms. The number of nitro benzene ring substituents is 1. The minimum Gasteiger partial charge on any atom is -0.493 e. The van der Waals surface area contributed by atoms with Gasteiger partial charge in [-0.15, -0.1) is 0 Å². The van der Waals surface area contributed by atoms with Gasteiger partial charge in [0.2, 0.25) is 5.28 Å². The van der Waals surface area contributed by atoms with E-state index < -0.39 is 32.8 Å². The largest absolute Gasteiger partial charge is 0.493 e. The van der Waals surface area contributed by atoms with E-state index in [4.69, 9.17) is 26.2 Å². The highest BCUT2D eigenvalue weighted by molar-refractivity contribution is 7.98. The highest BCUT2D eigenvalue weighted by Gasteiger charge is 2.15. The van der Waals surface area contributed by atoms with Gasteiger partial charge in [0.05, 0.1) is 30.4 Å². The average molecular weight is 587 g/mol. The number of hydrogen-bond acceptors (Lipinski definition) is 7. The summed E-state index contributed by atoms with van der Waals surface area (Å²) in [5.74, 6) is -1.38. The van der Waals surface area contributed by atoms with Gasteiger partial charge < -0.3 is 19.1 Å².